The third kappa shape index (κ3) is 4.67. The average molecular weight is 407 g/mol. The molecule has 0 radical (unpaired) electrons. The summed E-state index contributed by atoms with van der Waals surface area (Å²) in [6.45, 7) is 1.19. The van der Waals surface area contributed by atoms with E-state index in [2.05, 4.69) is 5.32 Å². The summed E-state index contributed by atoms with van der Waals surface area (Å²) in [5, 5.41) is 2.06. The normalized spacial score (nSPS) is 22.5. The van der Waals surface area contributed by atoms with E-state index in [0.29, 0.717) is 18.8 Å². The van der Waals surface area contributed by atoms with Gasteiger partial charge < -0.3 is 19.7 Å². The number of methoxy groups -OCH3 is 2. The molecule has 0 aromatic heterocycles. The van der Waals surface area contributed by atoms with Gasteiger partial charge in [0, 0.05) is 25.2 Å². The van der Waals surface area contributed by atoms with Crippen LogP contribution in [0.1, 0.15) is 0 Å². The lowest BCUT2D eigenvalue weighted by atomic mass is 10.2. The molecule has 1 aromatic rings. The van der Waals surface area contributed by atoms with Crippen LogP contribution in [0, 0.1) is 0 Å². The number of sulfone groups is 2. The topological polar surface area (TPSA) is 102 Å². The highest BCUT2D eigenvalue weighted by atomic mass is 32.2. The van der Waals surface area contributed by atoms with Crippen LogP contribution >= 0.6 is 0 Å². The summed E-state index contributed by atoms with van der Waals surface area (Å²) in [6.07, 6.45) is 0. The quantitative estimate of drug-likeness (QED) is 0.633. The van der Waals surface area contributed by atoms with Crippen molar-refractivity contribution in [3.8, 4) is 11.5 Å². The van der Waals surface area contributed by atoms with Crippen molar-refractivity contribution in [2.45, 2.75) is 16.2 Å². The largest absolute Gasteiger partial charge is 0.493 e. The maximum absolute atomic E-state index is 13.1. The van der Waals surface area contributed by atoms with Gasteiger partial charge in [-0.3, -0.25) is 0 Å². The minimum absolute atomic E-state index is 0.0247. The van der Waals surface area contributed by atoms with Gasteiger partial charge in [-0.1, -0.05) is 0 Å². The van der Waals surface area contributed by atoms with Crippen LogP contribution in [-0.2, 0) is 19.7 Å². The minimum atomic E-state index is -3.86. The molecule has 1 aliphatic heterocycles. The predicted octanol–water partition coefficient (Wildman–Crippen LogP) is -0.206. The highest BCUT2D eigenvalue weighted by Crippen LogP contribution is 2.33. The number of nitrogens with one attached hydrogen (secondary N) is 1. The number of likely N-dealkylation sites (N-methyl/N-ethyl adjacent to an activating group) is 1. The lowest BCUT2D eigenvalue weighted by Crippen LogP contribution is -2.45. The van der Waals surface area contributed by atoms with Crippen LogP contribution in [0.5, 0.6) is 11.5 Å². The molecule has 1 N–H and O–H groups in total. The molecule has 1 heterocycles. The van der Waals surface area contributed by atoms with Crippen LogP contribution in [0.2, 0.25) is 0 Å². The van der Waals surface area contributed by atoms with Gasteiger partial charge in [0.25, 0.3) is 0 Å². The van der Waals surface area contributed by atoms with Crippen LogP contribution in [0.25, 0.3) is 0 Å². The molecule has 26 heavy (non-hydrogen) atoms. The average Bonchev–Trinajstić information content (AvgIpc) is 2.89. The lowest BCUT2D eigenvalue weighted by Gasteiger charge is -2.21. The highest BCUT2D eigenvalue weighted by Gasteiger charge is 2.45. The molecule has 10 heteroatoms. The monoisotopic (exact) mass is 406 g/mol. The van der Waals surface area contributed by atoms with E-state index >= 15 is 0 Å². The zero-order chi connectivity index (χ0) is 19.5. The molecule has 1 aromatic carbocycles. The van der Waals surface area contributed by atoms with Gasteiger partial charge in [-0.25, -0.2) is 16.8 Å². The number of hydrogen-bond acceptors (Lipinski definition) is 8. The molecule has 2 atom stereocenters. The second kappa shape index (κ2) is 8.12. The van der Waals surface area contributed by atoms with Crippen molar-refractivity contribution in [2.24, 2.45) is 0 Å². The lowest BCUT2D eigenvalue weighted by molar-refractivity contribution is 0.354. The molecular formula is C16H26N2O6S2. The molecule has 0 bridgehead atoms. The zero-order valence-electron chi connectivity index (χ0n) is 15.4. The van der Waals surface area contributed by atoms with Gasteiger partial charge in [-0.15, -0.1) is 0 Å². The minimum Gasteiger partial charge on any atom is -0.493 e. The van der Waals surface area contributed by atoms with Crippen LogP contribution in [-0.4, -0.2) is 85.9 Å². The fourth-order valence-corrected chi connectivity index (χ4v) is 7.68. The second-order valence-electron chi connectivity index (χ2n) is 6.54. The number of benzene rings is 1. The summed E-state index contributed by atoms with van der Waals surface area (Å²) >= 11 is 0. The van der Waals surface area contributed by atoms with Crippen molar-refractivity contribution >= 4 is 19.7 Å². The van der Waals surface area contributed by atoms with Crippen molar-refractivity contribution in [3.05, 3.63) is 18.2 Å². The first-order valence-electron chi connectivity index (χ1n) is 8.15. The van der Waals surface area contributed by atoms with Crippen LogP contribution in [0.3, 0.4) is 0 Å². The number of hydrogen-bond donors (Lipinski definition) is 1. The van der Waals surface area contributed by atoms with Gasteiger partial charge >= 0.3 is 0 Å². The molecule has 1 aliphatic rings. The van der Waals surface area contributed by atoms with Gasteiger partial charge in [0.2, 0.25) is 0 Å². The van der Waals surface area contributed by atoms with E-state index < -0.39 is 31.0 Å². The van der Waals surface area contributed by atoms with Crippen molar-refractivity contribution in [3.63, 3.8) is 0 Å². The first-order chi connectivity index (χ1) is 12.1. The molecule has 2 rings (SSSR count). The molecule has 8 nitrogen and oxygen atoms in total. The fourth-order valence-electron chi connectivity index (χ4n) is 2.95. The molecule has 0 amide bonds. The second-order valence-corrected chi connectivity index (χ2v) is 10.9. The van der Waals surface area contributed by atoms with Crippen molar-refractivity contribution < 1.29 is 26.3 Å². The van der Waals surface area contributed by atoms with E-state index in [-0.39, 0.29) is 22.2 Å². The maximum Gasteiger partial charge on any atom is 0.183 e. The van der Waals surface area contributed by atoms with Gasteiger partial charge in [-0.2, -0.15) is 0 Å². The fraction of sp³-hybridized carbons (Fsp3) is 0.625. The smallest absolute Gasteiger partial charge is 0.183 e. The Balaban J connectivity index is 2.32. The third-order valence-electron chi connectivity index (χ3n) is 4.35. The summed E-state index contributed by atoms with van der Waals surface area (Å²) in [4.78, 5) is 1.96. The van der Waals surface area contributed by atoms with Gasteiger partial charge in [0.05, 0.1) is 35.9 Å². The third-order valence-corrected chi connectivity index (χ3v) is 8.50. The van der Waals surface area contributed by atoms with Crippen LogP contribution in [0.15, 0.2) is 23.1 Å². The molecule has 0 unspecified atom stereocenters. The van der Waals surface area contributed by atoms with E-state index in [1.165, 1.54) is 32.4 Å². The number of nitrogens with zero attached hydrogens (tertiary/aromatic N) is 1. The Morgan fingerprint density at radius 2 is 1.81 bits per heavy atom. The van der Waals surface area contributed by atoms with Crippen molar-refractivity contribution in [1.29, 1.82) is 0 Å². The molecule has 1 fully saturated rings. The van der Waals surface area contributed by atoms with Gasteiger partial charge in [-0.05, 0) is 26.2 Å². The van der Waals surface area contributed by atoms with Crippen LogP contribution in [0.4, 0.5) is 0 Å². The molecule has 0 saturated carbocycles. The highest BCUT2D eigenvalue weighted by molar-refractivity contribution is 7.96. The summed E-state index contributed by atoms with van der Waals surface area (Å²) in [5.74, 6) is 0.124. The molecule has 1 saturated heterocycles. The Kier molecular flexibility index (Phi) is 6.54. The van der Waals surface area contributed by atoms with E-state index in [1.807, 2.05) is 19.0 Å². The van der Waals surface area contributed by atoms with E-state index in [4.69, 9.17) is 9.47 Å². The molecule has 0 spiro atoms. The number of rotatable bonds is 8. The zero-order valence-corrected chi connectivity index (χ0v) is 17.1. The maximum atomic E-state index is 13.1. The SMILES string of the molecule is COc1ccc(S(=O)(=O)[C@H]2CS(=O)(=O)C[C@@H]2NCCN(C)C)cc1OC. The predicted molar refractivity (Wildman–Crippen MR) is 99.5 cm³/mol. The molecular weight excluding hydrogens is 380 g/mol. The Labute approximate surface area is 155 Å². The summed E-state index contributed by atoms with van der Waals surface area (Å²) in [6, 6.07) is 3.65. The summed E-state index contributed by atoms with van der Waals surface area (Å²) < 4.78 is 60.6. The van der Waals surface area contributed by atoms with E-state index in [9.17, 15) is 16.8 Å². The number of ether oxygens (including phenoxy) is 2. The Morgan fingerprint density at radius 1 is 1.15 bits per heavy atom. The van der Waals surface area contributed by atoms with Crippen molar-refractivity contribution in [1.82, 2.24) is 10.2 Å². The molecule has 148 valence electrons. The van der Waals surface area contributed by atoms with Crippen molar-refractivity contribution in [2.75, 3.05) is 52.9 Å². The van der Waals surface area contributed by atoms with E-state index in [0.717, 1.165) is 0 Å². The first-order valence-corrected chi connectivity index (χ1v) is 11.5. The van der Waals surface area contributed by atoms with Gasteiger partial charge in [0.15, 0.2) is 31.2 Å². The summed E-state index contributed by atoms with van der Waals surface area (Å²) in [7, 11) is -0.621. The Hall–Kier alpha value is -1.36. The molecule has 0 aliphatic carbocycles. The van der Waals surface area contributed by atoms with E-state index in [1.54, 1.807) is 0 Å². The Morgan fingerprint density at radius 3 is 2.38 bits per heavy atom. The first kappa shape index (κ1) is 20.9. The summed E-state index contributed by atoms with van der Waals surface area (Å²) in [5.41, 5.74) is 0. The standard InChI is InChI=1S/C16H26N2O6S2/c1-18(2)8-7-17-13-10-25(19,20)11-16(13)26(21,22)12-5-6-14(23-3)15(9-12)24-4/h5-6,9,13,16-17H,7-8,10-11H2,1-4H3/t13-,16-/m0/s1. The Bertz CT molecular complexity index is 836. The van der Waals surface area contributed by atoms with Gasteiger partial charge in [0.1, 0.15) is 0 Å². The van der Waals surface area contributed by atoms with Crippen LogP contribution < -0.4 is 14.8 Å².